The zero-order chi connectivity index (χ0) is 44.2. The number of carbonyl (C=O) groups excluding carboxylic acids is 4. The number of amides is 4. The molecule has 0 spiro atoms. The number of hydrogen-bond donors (Lipinski definition) is 4. The van der Waals surface area contributed by atoms with Crippen molar-refractivity contribution in [3.05, 3.63) is 23.9 Å². The van der Waals surface area contributed by atoms with Gasteiger partial charge in [0.05, 0.1) is 28.2 Å². The minimum atomic E-state index is -4.31. The maximum absolute atomic E-state index is 16.4. The van der Waals surface area contributed by atoms with Crippen molar-refractivity contribution in [3.8, 4) is 5.88 Å². The molecule has 1 aromatic carbocycles. The van der Waals surface area contributed by atoms with E-state index in [0.717, 1.165) is 11.3 Å². The summed E-state index contributed by atoms with van der Waals surface area (Å²) in [6.45, 7) is 7.49. The van der Waals surface area contributed by atoms with Gasteiger partial charge in [-0.1, -0.05) is 34.1 Å². The molecular formula is C41H53F4N7O8S. The van der Waals surface area contributed by atoms with E-state index in [2.05, 4.69) is 20.6 Å². The van der Waals surface area contributed by atoms with E-state index in [1.54, 1.807) is 20.8 Å². The van der Waals surface area contributed by atoms with E-state index in [4.69, 9.17) is 15.2 Å². The highest BCUT2D eigenvalue weighted by atomic mass is 32.2. The Balaban J connectivity index is 1.18. The predicted octanol–water partition coefficient (Wildman–Crippen LogP) is 4.78. The highest BCUT2D eigenvalue weighted by Crippen LogP contribution is 2.58. The molecule has 3 heterocycles. The maximum Gasteiger partial charge on any atom is 0.408 e. The normalized spacial score (nSPS) is 34.4. The van der Waals surface area contributed by atoms with Crippen molar-refractivity contribution < 1.29 is 54.6 Å². The Morgan fingerprint density at radius 1 is 1.02 bits per heavy atom. The van der Waals surface area contributed by atoms with Crippen molar-refractivity contribution in [1.82, 2.24) is 30.2 Å². The van der Waals surface area contributed by atoms with Gasteiger partial charge in [0.25, 0.3) is 11.8 Å². The molecule has 4 aliphatic carbocycles. The van der Waals surface area contributed by atoms with E-state index >= 15 is 8.78 Å². The molecule has 61 heavy (non-hydrogen) atoms. The number of nitrogens with two attached hydrogens (primary N) is 1. The van der Waals surface area contributed by atoms with Crippen LogP contribution in [0, 0.1) is 35.0 Å². The number of nitrogens with zero attached hydrogens (tertiary/aromatic N) is 3. The molecule has 5 N–H and O–H groups in total. The number of carbonyl (C=O) groups is 4. The van der Waals surface area contributed by atoms with Crippen molar-refractivity contribution in [2.24, 2.45) is 35.0 Å². The van der Waals surface area contributed by atoms with Gasteiger partial charge in [-0.3, -0.25) is 19.1 Å². The zero-order valence-electron chi connectivity index (χ0n) is 34.7. The highest BCUT2D eigenvalue weighted by molar-refractivity contribution is 7.91. The highest BCUT2D eigenvalue weighted by Gasteiger charge is 2.68. The summed E-state index contributed by atoms with van der Waals surface area (Å²) in [7, 11) is -4.31. The summed E-state index contributed by atoms with van der Waals surface area (Å²) in [5.41, 5.74) is 2.42. The summed E-state index contributed by atoms with van der Waals surface area (Å²) in [6.07, 6.45) is -3.86. The molecule has 20 heteroatoms. The second-order valence-corrected chi connectivity index (χ2v) is 21.7. The standard InChI is InChI=1S/C41H53F4N7O8S/c1-19-28-18-52(29(19)33(53)50-40(17-24(40)32(42)43)36(55)51-61(57,58)39(5)12-13-39)35(54)31(38(2,3)4)49-37(56)60-27-15-20-14-23(20)22(27)8-6-7-11-41(44,45)30-34(59-28)48-26-16-21(46)9-10-25(26)47-30/h9-10,16,19-20,22-24,27-29,31-32H,6-8,11-15,17-18,46H2,1-5H3,(H,49,56)(H,50,53)(H,51,55)/t19-,20+,22-,23+,24+,27-,28+,29+,31-,40-/m1/s1. The Bertz CT molecular complexity index is 2260. The quantitative estimate of drug-likeness (QED) is 0.229. The molecule has 6 aliphatic rings. The first-order valence-corrected chi connectivity index (χ1v) is 22.5. The number of benzene rings is 1. The topological polar surface area (TPSA) is 212 Å². The van der Waals surface area contributed by atoms with Gasteiger partial charge in [0, 0.05) is 18.0 Å². The maximum atomic E-state index is 16.4. The Labute approximate surface area is 351 Å². The first-order valence-electron chi connectivity index (χ1n) is 21.0. The Hall–Kier alpha value is -4.49. The fourth-order valence-corrected chi connectivity index (χ4v) is 11.0. The number of sulfonamides is 1. The van der Waals surface area contributed by atoms with Crippen LogP contribution in [-0.4, -0.2) is 94.6 Å². The predicted molar refractivity (Wildman–Crippen MR) is 211 cm³/mol. The number of hydrogen-bond acceptors (Lipinski definition) is 11. The van der Waals surface area contributed by atoms with Crippen molar-refractivity contribution in [2.45, 2.75) is 139 Å². The molecule has 1 saturated heterocycles. The lowest BCUT2D eigenvalue weighted by molar-refractivity contribution is -0.143. The molecule has 334 valence electrons. The van der Waals surface area contributed by atoms with Crippen LogP contribution in [0.4, 0.5) is 28.0 Å². The van der Waals surface area contributed by atoms with Crippen LogP contribution in [-0.2, 0) is 35.1 Å². The molecule has 4 saturated carbocycles. The third-order valence-corrected chi connectivity index (χ3v) is 16.1. The Kier molecular flexibility index (Phi) is 10.5. The van der Waals surface area contributed by atoms with Gasteiger partial charge in [0.2, 0.25) is 34.1 Å². The van der Waals surface area contributed by atoms with E-state index in [9.17, 15) is 36.4 Å². The number of rotatable bonds is 6. The van der Waals surface area contributed by atoms with Crippen molar-refractivity contribution >= 4 is 50.6 Å². The number of fused-ring (bicyclic) bond motifs is 7. The molecule has 0 radical (unpaired) electrons. The number of aromatic nitrogens is 2. The largest absolute Gasteiger partial charge is 0.471 e. The van der Waals surface area contributed by atoms with Crippen LogP contribution in [0.2, 0.25) is 0 Å². The number of alkyl carbamates (subject to hydrolysis) is 1. The molecule has 2 aromatic rings. The third kappa shape index (κ3) is 7.94. The first-order chi connectivity index (χ1) is 28.4. The average molecular weight is 880 g/mol. The lowest BCUT2D eigenvalue weighted by Gasteiger charge is -2.36. The molecule has 0 unspecified atom stereocenters. The van der Waals surface area contributed by atoms with Crippen LogP contribution >= 0.6 is 0 Å². The summed E-state index contributed by atoms with van der Waals surface area (Å²) < 4.78 is 101. The van der Waals surface area contributed by atoms with Gasteiger partial charge < -0.3 is 30.7 Å². The van der Waals surface area contributed by atoms with Crippen LogP contribution in [0.1, 0.15) is 98.1 Å². The molecule has 5 fully saturated rings. The van der Waals surface area contributed by atoms with Crippen LogP contribution in [0.3, 0.4) is 0 Å². The lowest BCUT2D eigenvalue weighted by atomic mass is 9.85. The molecule has 15 nitrogen and oxygen atoms in total. The molecule has 1 aromatic heterocycles. The minimum Gasteiger partial charge on any atom is -0.471 e. The van der Waals surface area contributed by atoms with Gasteiger partial charge in [-0.15, -0.1) is 0 Å². The number of anilines is 1. The number of alkyl halides is 4. The van der Waals surface area contributed by atoms with Gasteiger partial charge in [-0.05, 0) is 93.2 Å². The summed E-state index contributed by atoms with van der Waals surface area (Å²) in [6, 6.07) is 1.44. The van der Waals surface area contributed by atoms with Gasteiger partial charge in [0.1, 0.15) is 29.8 Å². The minimum absolute atomic E-state index is 0.0590. The van der Waals surface area contributed by atoms with E-state index in [-0.39, 0.29) is 41.9 Å². The molecule has 2 aliphatic heterocycles. The summed E-state index contributed by atoms with van der Waals surface area (Å²) in [5, 5.41) is 5.11. The summed E-state index contributed by atoms with van der Waals surface area (Å²) in [4.78, 5) is 66.6. The van der Waals surface area contributed by atoms with Crippen LogP contribution in [0.15, 0.2) is 18.2 Å². The fourth-order valence-electron chi connectivity index (χ4n) is 9.66. The molecule has 8 rings (SSSR count). The number of nitrogen functional groups attached to an aromatic ring is 1. The van der Waals surface area contributed by atoms with Crippen LogP contribution in [0.25, 0.3) is 11.0 Å². The Morgan fingerprint density at radius 3 is 2.39 bits per heavy atom. The van der Waals surface area contributed by atoms with Crippen LogP contribution < -0.4 is 25.8 Å². The monoisotopic (exact) mass is 879 g/mol. The van der Waals surface area contributed by atoms with Crippen molar-refractivity contribution in [1.29, 1.82) is 0 Å². The second-order valence-electron chi connectivity index (χ2n) is 19.5. The van der Waals surface area contributed by atoms with Gasteiger partial charge in [-0.25, -0.2) is 32.0 Å². The molecule has 10 atom stereocenters. The first kappa shape index (κ1) is 43.2. The summed E-state index contributed by atoms with van der Waals surface area (Å²) in [5.74, 6) is -9.64. The fraction of sp³-hybridized carbons (Fsp3) is 0.707. The number of nitrogens with one attached hydrogen (secondary N) is 3. The average Bonchev–Trinajstić information content (AvgIpc) is 4.12. The zero-order valence-corrected chi connectivity index (χ0v) is 35.5. The molecule has 4 amide bonds. The number of halogens is 4. The Morgan fingerprint density at radius 2 is 1.74 bits per heavy atom. The van der Waals surface area contributed by atoms with Gasteiger partial charge in [-0.2, -0.15) is 8.78 Å². The van der Waals surface area contributed by atoms with E-state index < -0.39 is 129 Å². The molecule has 2 bridgehead atoms. The van der Waals surface area contributed by atoms with Gasteiger partial charge >= 0.3 is 6.09 Å². The SMILES string of the molecule is C[C@@H]1[C@@H]2CN(C(=O)[C@H](C(C)(C)C)NC(=O)O[C@@H]3C[C@@H]4C[C@@H]4[C@H]3CCCCC(F)(F)c3nc4ccc(N)cc4nc3O2)[C@@H]1C(=O)N[C@]1(C(=O)NS(=O)(=O)C2(C)CC2)C[C@H]1C(F)F. The lowest BCUT2D eigenvalue weighted by Crippen LogP contribution is -2.61. The van der Waals surface area contributed by atoms with E-state index in [0.29, 0.717) is 31.1 Å². The van der Waals surface area contributed by atoms with Crippen molar-refractivity contribution in [3.63, 3.8) is 0 Å². The third-order valence-electron chi connectivity index (χ3n) is 14.0. The number of ether oxygens (including phenoxy) is 2. The molecular weight excluding hydrogens is 827 g/mol. The second kappa shape index (κ2) is 14.8. The van der Waals surface area contributed by atoms with E-state index in [1.165, 1.54) is 32.0 Å². The summed E-state index contributed by atoms with van der Waals surface area (Å²) >= 11 is 0. The van der Waals surface area contributed by atoms with Crippen molar-refractivity contribution in [2.75, 3.05) is 12.3 Å². The van der Waals surface area contributed by atoms with E-state index in [1.807, 2.05) is 4.72 Å². The smallest absolute Gasteiger partial charge is 0.408 e. The van der Waals surface area contributed by atoms with Crippen LogP contribution in [0.5, 0.6) is 5.88 Å². The van der Waals surface area contributed by atoms with Gasteiger partial charge in [0.15, 0.2) is 5.69 Å².